The lowest BCUT2D eigenvalue weighted by Gasteiger charge is -2.39. The molecule has 0 aromatic heterocycles. The quantitative estimate of drug-likeness (QED) is 0.693. The molecule has 1 atom stereocenters. The Kier molecular flexibility index (Phi) is 4.11. The lowest BCUT2D eigenvalue weighted by molar-refractivity contribution is -0.157. The van der Waals surface area contributed by atoms with E-state index in [2.05, 4.69) is 0 Å². The summed E-state index contributed by atoms with van der Waals surface area (Å²) < 4.78 is 5.13. The van der Waals surface area contributed by atoms with Gasteiger partial charge in [0.05, 0.1) is 6.61 Å². The van der Waals surface area contributed by atoms with Crippen LogP contribution in [0.25, 0.3) is 0 Å². The fraction of sp³-hybridized carbons (Fsp3) is 0.909. The highest BCUT2D eigenvalue weighted by Crippen LogP contribution is 2.43. The number of likely N-dealkylation sites (N-methyl/N-ethyl adjacent to an activating group) is 1. The molecule has 0 aromatic rings. The molecule has 1 aliphatic rings. The normalized spacial score (nSPS) is 20.3. The Morgan fingerprint density at radius 2 is 2.00 bits per heavy atom. The molecule has 1 unspecified atom stereocenters. The molecule has 88 valence electrons. The number of rotatable bonds is 7. The summed E-state index contributed by atoms with van der Waals surface area (Å²) in [5.41, 5.74) is -0.793. The van der Waals surface area contributed by atoms with Crippen LogP contribution in [0, 0.1) is 5.92 Å². The van der Waals surface area contributed by atoms with Crippen LogP contribution in [-0.4, -0.2) is 48.3 Å². The van der Waals surface area contributed by atoms with Gasteiger partial charge in [-0.25, -0.2) is 0 Å². The Balaban J connectivity index is 2.94. The van der Waals surface area contributed by atoms with E-state index in [9.17, 15) is 9.90 Å². The highest BCUT2D eigenvalue weighted by Gasteiger charge is 2.54. The third kappa shape index (κ3) is 2.16. The molecule has 1 fully saturated rings. The van der Waals surface area contributed by atoms with Crippen molar-refractivity contribution < 1.29 is 14.6 Å². The predicted molar refractivity (Wildman–Crippen MR) is 57.9 cm³/mol. The molecule has 0 bridgehead atoms. The Morgan fingerprint density at radius 1 is 1.47 bits per heavy atom. The standard InChI is InChI=1S/C11H21NO3/c1-4-12(5-2)11(8-15-3,10(13)14)9-6-7-9/h9H,4-8H2,1-3H3,(H,13,14). The fourth-order valence-electron chi connectivity index (χ4n) is 2.41. The van der Waals surface area contributed by atoms with Gasteiger partial charge in [0.2, 0.25) is 0 Å². The maximum absolute atomic E-state index is 11.5. The van der Waals surface area contributed by atoms with Crippen molar-refractivity contribution >= 4 is 5.97 Å². The van der Waals surface area contributed by atoms with Crippen molar-refractivity contribution in [3.05, 3.63) is 0 Å². The van der Waals surface area contributed by atoms with E-state index >= 15 is 0 Å². The van der Waals surface area contributed by atoms with Gasteiger partial charge in [0.25, 0.3) is 0 Å². The van der Waals surface area contributed by atoms with E-state index < -0.39 is 11.5 Å². The number of carboxylic acid groups (broad SMARTS) is 1. The molecule has 0 spiro atoms. The summed E-state index contributed by atoms with van der Waals surface area (Å²) in [5, 5.41) is 9.48. The monoisotopic (exact) mass is 215 g/mol. The highest BCUT2D eigenvalue weighted by molar-refractivity contribution is 5.80. The zero-order valence-electron chi connectivity index (χ0n) is 9.82. The van der Waals surface area contributed by atoms with Gasteiger partial charge < -0.3 is 9.84 Å². The SMILES string of the molecule is CCN(CC)C(COC)(C(=O)O)C1CC1. The molecule has 4 heteroatoms. The number of carboxylic acids is 1. The largest absolute Gasteiger partial charge is 0.480 e. The lowest BCUT2D eigenvalue weighted by atomic mass is 9.91. The molecular formula is C11H21NO3. The summed E-state index contributed by atoms with van der Waals surface area (Å²) in [5.74, 6) is -0.481. The van der Waals surface area contributed by atoms with Crippen LogP contribution in [0.1, 0.15) is 26.7 Å². The van der Waals surface area contributed by atoms with Crippen molar-refractivity contribution in [2.75, 3.05) is 26.8 Å². The molecule has 0 aromatic carbocycles. The van der Waals surface area contributed by atoms with Crippen LogP contribution in [0.2, 0.25) is 0 Å². The topological polar surface area (TPSA) is 49.8 Å². The van der Waals surface area contributed by atoms with Crippen molar-refractivity contribution in [2.45, 2.75) is 32.2 Å². The fourth-order valence-corrected chi connectivity index (χ4v) is 2.41. The first-order valence-corrected chi connectivity index (χ1v) is 5.60. The Labute approximate surface area is 91.2 Å². The van der Waals surface area contributed by atoms with Crippen molar-refractivity contribution in [3.8, 4) is 0 Å². The third-order valence-corrected chi connectivity index (χ3v) is 3.32. The summed E-state index contributed by atoms with van der Waals surface area (Å²) in [6, 6.07) is 0. The van der Waals surface area contributed by atoms with Crippen LogP contribution in [0.3, 0.4) is 0 Å². The molecule has 1 saturated carbocycles. The first kappa shape index (κ1) is 12.5. The maximum atomic E-state index is 11.5. The van der Waals surface area contributed by atoms with Crippen LogP contribution in [-0.2, 0) is 9.53 Å². The number of methoxy groups -OCH3 is 1. The average Bonchev–Trinajstić information content (AvgIpc) is 3.01. The predicted octanol–water partition coefficient (Wildman–Crippen LogP) is 1.21. The molecule has 1 N–H and O–H groups in total. The van der Waals surface area contributed by atoms with Gasteiger partial charge in [0.1, 0.15) is 5.54 Å². The van der Waals surface area contributed by atoms with E-state index in [-0.39, 0.29) is 12.5 Å². The lowest BCUT2D eigenvalue weighted by Crippen LogP contribution is -2.59. The molecule has 0 radical (unpaired) electrons. The summed E-state index contributed by atoms with van der Waals surface area (Å²) in [6.45, 7) is 5.79. The summed E-state index contributed by atoms with van der Waals surface area (Å²) in [7, 11) is 1.57. The minimum atomic E-state index is -0.793. The number of ether oxygens (including phenoxy) is 1. The Bertz CT molecular complexity index is 224. The maximum Gasteiger partial charge on any atom is 0.326 e. The van der Waals surface area contributed by atoms with Crippen LogP contribution in [0.4, 0.5) is 0 Å². The van der Waals surface area contributed by atoms with E-state index in [0.29, 0.717) is 0 Å². The number of hydrogen-bond acceptors (Lipinski definition) is 3. The number of aliphatic carboxylic acids is 1. The van der Waals surface area contributed by atoms with Crippen molar-refractivity contribution in [2.24, 2.45) is 5.92 Å². The first-order valence-electron chi connectivity index (χ1n) is 5.60. The summed E-state index contributed by atoms with van der Waals surface area (Å²) >= 11 is 0. The van der Waals surface area contributed by atoms with E-state index in [1.54, 1.807) is 7.11 Å². The van der Waals surface area contributed by atoms with Crippen molar-refractivity contribution in [3.63, 3.8) is 0 Å². The van der Waals surface area contributed by atoms with Crippen LogP contribution in [0.5, 0.6) is 0 Å². The smallest absolute Gasteiger partial charge is 0.326 e. The number of hydrogen-bond donors (Lipinski definition) is 1. The van der Waals surface area contributed by atoms with E-state index in [0.717, 1.165) is 25.9 Å². The second-order valence-corrected chi connectivity index (χ2v) is 4.11. The molecular weight excluding hydrogens is 194 g/mol. The summed E-state index contributed by atoms with van der Waals surface area (Å²) in [4.78, 5) is 13.5. The molecule has 0 heterocycles. The van der Waals surface area contributed by atoms with Gasteiger partial charge in [-0.05, 0) is 31.8 Å². The molecule has 0 amide bonds. The second kappa shape index (κ2) is 4.94. The molecule has 1 aliphatic carbocycles. The van der Waals surface area contributed by atoms with E-state index in [1.165, 1.54) is 0 Å². The van der Waals surface area contributed by atoms with Gasteiger partial charge in [0, 0.05) is 7.11 Å². The molecule has 0 saturated heterocycles. The second-order valence-electron chi connectivity index (χ2n) is 4.11. The molecule has 1 rings (SSSR count). The Morgan fingerprint density at radius 3 is 2.27 bits per heavy atom. The van der Waals surface area contributed by atoms with Crippen LogP contribution < -0.4 is 0 Å². The van der Waals surface area contributed by atoms with Gasteiger partial charge in [-0.2, -0.15) is 0 Å². The van der Waals surface area contributed by atoms with Gasteiger partial charge in [-0.1, -0.05) is 13.8 Å². The zero-order valence-corrected chi connectivity index (χ0v) is 9.82. The highest BCUT2D eigenvalue weighted by atomic mass is 16.5. The number of carbonyl (C=O) groups is 1. The van der Waals surface area contributed by atoms with E-state index in [4.69, 9.17) is 4.74 Å². The summed E-state index contributed by atoms with van der Waals surface area (Å²) in [6.07, 6.45) is 2.01. The van der Waals surface area contributed by atoms with Gasteiger partial charge in [-0.3, -0.25) is 9.69 Å². The van der Waals surface area contributed by atoms with Crippen molar-refractivity contribution in [1.82, 2.24) is 4.90 Å². The van der Waals surface area contributed by atoms with Gasteiger partial charge in [-0.15, -0.1) is 0 Å². The van der Waals surface area contributed by atoms with Crippen LogP contribution in [0.15, 0.2) is 0 Å². The van der Waals surface area contributed by atoms with Gasteiger partial charge >= 0.3 is 5.97 Å². The number of nitrogens with zero attached hydrogens (tertiary/aromatic N) is 1. The van der Waals surface area contributed by atoms with Gasteiger partial charge in [0.15, 0.2) is 0 Å². The van der Waals surface area contributed by atoms with E-state index in [1.807, 2.05) is 18.7 Å². The Hall–Kier alpha value is -0.610. The first-order chi connectivity index (χ1) is 7.13. The molecule has 0 aliphatic heterocycles. The third-order valence-electron chi connectivity index (χ3n) is 3.32. The molecule has 15 heavy (non-hydrogen) atoms. The average molecular weight is 215 g/mol. The molecule has 4 nitrogen and oxygen atoms in total. The van der Waals surface area contributed by atoms with Crippen LogP contribution >= 0.6 is 0 Å². The minimum Gasteiger partial charge on any atom is -0.480 e. The zero-order chi connectivity index (χ0) is 11.5. The van der Waals surface area contributed by atoms with Crippen molar-refractivity contribution in [1.29, 1.82) is 0 Å². The minimum absolute atomic E-state index is 0.259.